The molecule has 2 aliphatic rings. The second-order valence-electron chi connectivity index (χ2n) is 6.15. The van der Waals surface area contributed by atoms with Crippen LogP contribution in [0.3, 0.4) is 0 Å². The molecule has 110 valence electrons. The number of nitrogens with zero attached hydrogens (tertiary/aromatic N) is 2. The van der Waals surface area contributed by atoms with Crippen molar-refractivity contribution in [1.29, 1.82) is 0 Å². The van der Waals surface area contributed by atoms with E-state index in [1.54, 1.807) is 0 Å². The van der Waals surface area contributed by atoms with E-state index in [0.29, 0.717) is 0 Å². The third kappa shape index (κ3) is 2.84. The summed E-state index contributed by atoms with van der Waals surface area (Å²) in [6.07, 6.45) is 4.57. The summed E-state index contributed by atoms with van der Waals surface area (Å²) < 4.78 is 0. The molecule has 20 heavy (non-hydrogen) atoms. The lowest BCUT2D eigenvalue weighted by molar-refractivity contribution is 0.133. The zero-order valence-corrected chi connectivity index (χ0v) is 12.5. The van der Waals surface area contributed by atoms with Crippen molar-refractivity contribution in [2.75, 3.05) is 31.1 Å². The zero-order valence-electron chi connectivity index (χ0n) is 12.5. The number of fused-ring (bicyclic) bond motifs is 1. The molecule has 3 rings (SSSR count). The lowest BCUT2D eigenvalue weighted by Crippen LogP contribution is -2.54. The fourth-order valence-corrected chi connectivity index (χ4v) is 3.53. The Morgan fingerprint density at radius 1 is 1.15 bits per heavy atom. The highest BCUT2D eigenvalue weighted by Crippen LogP contribution is 2.26. The number of aliphatic hydroxyl groups is 1. The molecule has 2 fully saturated rings. The largest absolute Gasteiger partial charge is 0.388 e. The maximum Gasteiger partial charge on any atom is 0.0787 e. The lowest BCUT2D eigenvalue weighted by Gasteiger charge is -2.45. The van der Waals surface area contributed by atoms with Gasteiger partial charge in [0.2, 0.25) is 0 Å². The first kappa shape index (κ1) is 13.9. The first-order chi connectivity index (χ1) is 9.78. The Bertz CT molecular complexity index is 431. The number of piperidine rings is 1. The fraction of sp³-hybridized carbons (Fsp3) is 0.647. The molecule has 0 aliphatic carbocycles. The first-order valence-corrected chi connectivity index (χ1v) is 8.05. The third-order valence-electron chi connectivity index (χ3n) is 4.87. The van der Waals surface area contributed by atoms with Crippen LogP contribution in [0.25, 0.3) is 0 Å². The smallest absolute Gasteiger partial charge is 0.0787 e. The van der Waals surface area contributed by atoms with E-state index in [1.165, 1.54) is 38.0 Å². The molecule has 2 heterocycles. The van der Waals surface area contributed by atoms with E-state index in [9.17, 15) is 5.11 Å². The summed E-state index contributed by atoms with van der Waals surface area (Å²) in [4.78, 5) is 5.17. The molecule has 0 bridgehead atoms. The highest BCUT2D eigenvalue weighted by atomic mass is 16.3. The molecular weight excluding hydrogens is 248 g/mol. The number of rotatable bonds is 3. The van der Waals surface area contributed by atoms with E-state index < -0.39 is 0 Å². The predicted octanol–water partition coefficient (Wildman–Crippen LogP) is 2.80. The molecule has 0 saturated carbocycles. The van der Waals surface area contributed by atoms with Crippen molar-refractivity contribution >= 4 is 5.69 Å². The van der Waals surface area contributed by atoms with Crippen LogP contribution >= 0.6 is 0 Å². The molecule has 2 saturated heterocycles. The van der Waals surface area contributed by atoms with Crippen molar-refractivity contribution in [2.45, 2.75) is 44.8 Å². The maximum atomic E-state index is 9.86. The number of piperazine rings is 1. The first-order valence-electron chi connectivity index (χ1n) is 8.05. The standard InChI is InChI=1S/C17H26N2O/c1-2-17(20)14-6-8-15(9-7-14)19-12-11-18-10-4-3-5-16(18)13-19/h6-9,16-17,20H,2-5,10-13H2,1H3. The molecule has 3 heteroatoms. The summed E-state index contributed by atoms with van der Waals surface area (Å²) in [6.45, 7) is 6.80. The molecule has 0 amide bonds. The van der Waals surface area contributed by atoms with Crippen molar-refractivity contribution in [3.05, 3.63) is 29.8 Å². The molecule has 3 nitrogen and oxygen atoms in total. The van der Waals surface area contributed by atoms with Gasteiger partial charge in [-0.15, -0.1) is 0 Å². The summed E-state index contributed by atoms with van der Waals surface area (Å²) in [5.41, 5.74) is 2.34. The van der Waals surface area contributed by atoms with Gasteiger partial charge in [-0.2, -0.15) is 0 Å². The number of benzene rings is 1. The molecule has 0 aromatic heterocycles. The third-order valence-corrected chi connectivity index (χ3v) is 4.87. The monoisotopic (exact) mass is 274 g/mol. The van der Waals surface area contributed by atoms with Crippen LogP contribution in [-0.2, 0) is 0 Å². The SMILES string of the molecule is CCC(O)c1ccc(N2CCN3CCCCC3C2)cc1. The summed E-state index contributed by atoms with van der Waals surface area (Å²) in [5.74, 6) is 0. The van der Waals surface area contributed by atoms with E-state index in [2.05, 4.69) is 34.1 Å². The van der Waals surface area contributed by atoms with E-state index in [4.69, 9.17) is 0 Å². The molecule has 1 aromatic rings. The number of aliphatic hydroxyl groups excluding tert-OH is 1. The maximum absolute atomic E-state index is 9.86. The minimum absolute atomic E-state index is 0.320. The van der Waals surface area contributed by atoms with Crippen molar-refractivity contribution in [3.63, 3.8) is 0 Å². The van der Waals surface area contributed by atoms with Crippen molar-refractivity contribution in [1.82, 2.24) is 4.90 Å². The molecular formula is C17H26N2O. The molecule has 2 atom stereocenters. The Hall–Kier alpha value is -1.06. The summed E-state index contributed by atoms with van der Waals surface area (Å²) in [6, 6.07) is 9.26. The van der Waals surface area contributed by atoms with Gasteiger partial charge < -0.3 is 10.0 Å². The van der Waals surface area contributed by atoms with Gasteiger partial charge in [0.15, 0.2) is 0 Å². The van der Waals surface area contributed by atoms with Gasteiger partial charge in [0.1, 0.15) is 0 Å². The minimum Gasteiger partial charge on any atom is -0.388 e. The van der Waals surface area contributed by atoms with Gasteiger partial charge in [-0.3, -0.25) is 4.90 Å². The van der Waals surface area contributed by atoms with Crippen LogP contribution in [0.4, 0.5) is 5.69 Å². The normalized spacial score (nSPS) is 25.3. The second kappa shape index (κ2) is 6.15. The Morgan fingerprint density at radius 2 is 1.95 bits per heavy atom. The topological polar surface area (TPSA) is 26.7 Å². The lowest BCUT2D eigenvalue weighted by atomic mass is 9.99. The Kier molecular flexibility index (Phi) is 4.27. The van der Waals surface area contributed by atoms with Gasteiger partial charge >= 0.3 is 0 Å². The van der Waals surface area contributed by atoms with Crippen LogP contribution in [0.2, 0.25) is 0 Å². The average molecular weight is 274 g/mol. The van der Waals surface area contributed by atoms with Gasteiger partial charge in [-0.05, 0) is 43.5 Å². The molecule has 2 unspecified atom stereocenters. The van der Waals surface area contributed by atoms with Crippen molar-refractivity contribution in [2.24, 2.45) is 0 Å². The summed E-state index contributed by atoms with van der Waals surface area (Å²) in [7, 11) is 0. The fourth-order valence-electron chi connectivity index (χ4n) is 3.53. The van der Waals surface area contributed by atoms with Crippen LogP contribution in [0.5, 0.6) is 0 Å². The highest BCUT2D eigenvalue weighted by Gasteiger charge is 2.28. The molecule has 2 aliphatic heterocycles. The zero-order chi connectivity index (χ0) is 13.9. The van der Waals surface area contributed by atoms with E-state index in [-0.39, 0.29) is 6.10 Å². The van der Waals surface area contributed by atoms with Crippen LogP contribution in [-0.4, -0.2) is 42.2 Å². The van der Waals surface area contributed by atoms with Crippen molar-refractivity contribution in [3.8, 4) is 0 Å². The minimum atomic E-state index is -0.320. The van der Waals surface area contributed by atoms with Crippen molar-refractivity contribution < 1.29 is 5.11 Å². The van der Waals surface area contributed by atoms with Gasteiger partial charge in [0.05, 0.1) is 6.10 Å². The number of anilines is 1. The number of hydrogen-bond acceptors (Lipinski definition) is 3. The Morgan fingerprint density at radius 3 is 2.70 bits per heavy atom. The van der Waals surface area contributed by atoms with Crippen LogP contribution in [0, 0.1) is 0 Å². The molecule has 0 radical (unpaired) electrons. The van der Waals surface area contributed by atoms with E-state index >= 15 is 0 Å². The molecule has 1 N–H and O–H groups in total. The van der Waals surface area contributed by atoms with Gasteiger partial charge in [0.25, 0.3) is 0 Å². The van der Waals surface area contributed by atoms with E-state index in [1.807, 2.05) is 6.92 Å². The molecule has 0 spiro atoms. The quantitative estimate of drug-likeness (QED) is 0.918. The Balaban J connectivity index is 1.67. The molecule has 1 aromatic carbocycles. The van der Waals surface area contributed by atoms with Crippen LogP contribution in [0.1, 0.15) is 44.3 Å². The van der Waals surface area contributed by atoms with Gasteiger partial charge in [-0.1, -0.05) is 25.5 Å². The van der Waals surface area contributed by atoms with Gasteiger partial charge in [-0.25, -0.2) is 0 Å². The van der Waals surface area contributed by atoms with Crippen LogP contribution in [0.15, 0.2) is 24.3 Å². The Labute approximate surface area is 122 Å². The predicted molar refractivity (Wildman–Crippen MR) is 83.1 cm³/mol. The summed E-state index contributed by atoms with van der Waals surface area (Å²) >= 11 is 0. The average Bonchev–Trinajstić information content (AvgIpc) is 2.54. The van der Waals surface area contributed by atoms with Gasteiger partial charge in [0, 0.05) is 31.4 Å². The van der Waals surface area contributed by atoms with E-state index in [0.717, 1.165) is 31.1 Å². The number of hydrogen-bond donors (Lipinski definition) is 1. The highest BCUT2D eigenvalue weighted by molar-refractivity contribution is 5.48. The second-order valence-corrected chi connectivity index (χ2v) is 6.15. The summed E-state index contributed by atoms with van der Waals surface area (Å²) in [5, 5.41) is 9.86. The van der Waals surface area contributed by atoms with Crippen LogP contribution < -0.4 is 4.90 Å².